The summed E-state index contributed by atoms with van der Waals surface area (Å²) in [6, 6.07) is 5.04. The molecule has 3 nitrogen and oxygen atoms in total. The van der Waals surface area contributed by atoms with Crippen LogP contribution < -0.4 is 5.32 Å². The Hall–Kier alpha value is -1.56. The number of hydrogen-bond donors (Lipinski definition) is 1. The summed E-state index contributed by atoms with van der Waals surface area (Å²) in [4.78, 5) is 12.3. The maximum Gasteiger partial charge on any atom is 0.416 e. The molecule has 1 aliphatic rings. The summed E-state index contributed by atoms with van der Waals surface area (Å²) in [6.07, 6.45) is -1.17. The molecule has 0 aromatic heterocycles. The van der Waals surface area contributed by atoms with Crippen molar-refractivity contribution in [3.8, 4) is 0 Å². The third-order valence-electron chi connectivity index (χ3n) is 4.45. The van der Waals surface area contributed by atoms with Gasteiger partial charge in [-0.2, -0.15) is 13.2 Å². The average Bonchev–Trinajstić information content (AvgIpc) is 2.58. The van der Waals surface area contributed by atoms with Crippen molar-refractivity contribution in [2.75, 3.05) is 19.8 Å². The summed E-state index contributed by atoms with van der Waals surface area (Å²) in [5.41, 5.74) is 0.0760. The van der Waals surface area contributed by atoms with Crippen LogP contribution in [-0.2, 0) is 22.1 Å². The molecule has 0 radical (unpaired) electrons. The highest BCUT2D eigenvalue weighted by Gasteiger charge is 2.30. The molecule has 134 valence electrons. The van der Waals surface area contributed by atoms with Crippen molar-refractivity contribution in [2.24, 2.45) is 11.8 Å². The van der Waals surface area contributed by atoms with Gasteiger partial charge >= 0.3 is 6.18 Å². The number of hydrogen-bond acceptors (Lipinski definition) is 2. The lowest BCUT2D eigenvalue weighted by Crippen LogP contribution is -2.37. The zero-order chi connectivity index (χ0) is 17.6. The van der Waals surface area contributed by atoms with E-state index in [-0.39, 0.29) is 11.8 Å². The fourth-order valence-corrected chi connectivity index (χ4v) is 2.89. The fourth-order valence-electron chi connectivity index (χ4n) is 2.89. The first-order valence-corrected chi connectivity index (χ1v) is 8.41. The highest BCUT2D eigenvalue weighted by Crippen LogP contribution is 2.29. The molecule has 0 spiro atoms. The van der Waals surface area contributed by atoms with Crippen molar-refractivity contribution < 1.29 is 22.7 Å². The second kappa shape index (κ2) is 8.51. The number of carbonyl (C=O) groups is 1. The van der Waals surface area contributed by atoms with Crippen LogP contribution in [-0.4, -0.2) is 25.7 Å². The third kappa shape index (κ3) is 5.51. The van der Waals surface area contributed by atoms with E-state index < -0.39 is 11.7 Å². The minimum Gasteiger partial charge on any atom is -0.381 e. The Balaban J connectivity index is 1.87. The van der Waals surface area contributed by atoms with Crippen LogP contribution in [0.3, 0.4) is 0 Å². The second-order valence-corrected chi connectivity index (χ2v) is 6.33. The first-order chi connectivity index (χ1) is 11.4. The molecule has 2 unspecified atom stereocenters. The van der Waals surface area contributed by atoms with E-state index in [0.29, 0.717) is 31.9 Å². The van der Waals surface area contributed by atoms with Crippen molar-refractivity contribution in [3.63, 3.8) is 0 Å². The van der Waals surface area contributed by atoms with Gasteiger partial charge in [-0.05, 0) is 49.3 Å². The summed E-state index contributed by atoms with van der Waals surface area (Å²) in [7, 11) is 0. The van der Waals surface area contributed by atoms with Gasteiger partial charge < -0.3 is 10.1 Å². The molecule has 1 saturated heterocycles. The zero-order valence-electron chi connectivity index (χ0n) is 13.9. The minimum atomic E-state index is -4.33. The van der Waals surface area contributed by atoms with Gasteiger partial charge in [0.25, 0.3) is 0 Å². The van der Waals surface area contributed by atoms with Crippen LogP contribution in [0.5, 0.6) is 0 Å². The SMILES string of the molecule is CCC(Cc1ccc(C(F)(F)F)cc1)C(=O)NCC1CCCOC1. The predicted molar refractivity (Wildman–Crippen MR) is 85.5 cm³/mol. The van der Waals surface area contributed by atoms with E-state index in [9.17, 15) is 18.0 Å². The minimum absolute atomic E-state index is 0.0389. The Labute approximate surface area is 140 Å². The topological polar surface area (TPSA) is 38.3 Å². The Morgan fingerprint density at radius 1 is 1.33 bits per heavy atom. The van der Waals surface area contributed by atoms with Crippen molar-refractivity contribution in [1.82, 2.24) is 5.32 Å². The van der Waals surface area contributed by atoms with Crippen LogP contribution in [0.4, 0.5) is 13.2 Å². The normalized spacial score (nSPS) is 19.8. The molecule has 0 aliphatic carbocycles. The standard InChI is InChI=1S/C18H24F3NO2/c1-2-15(17(23)22-11-14-4-3-9-24-12-14)10-13-5-7-16(8-6-13)18(19,20)21/h5-8,14-15H,2-4,9-12H2,1H3,(H,22,23). The summed E-state index contributed by atoms with van der Waals surface area (Å²) in [6.45, 7) is 3.98. The Morgan fingerprint density at radius 3 is 2.58 bits per heavy atom. The monoisotopic (exact) mass is 343 g/mol. The van der Waals surface area contributed by atoms with Crippen LogP contribution in [0.2, 0.25) is 0 Å². The number of ether oxygens (including phenoxy) is 1. The van der Waals surface area contributed by atoms with Crippen LogP contribution in [0.25, 0.3) is 0 Å². The lowest BCUT2D eigenvalue weighted by atomic mass is 9.95. The lowest BCUT2D eigenvalue weighted by molar-refractivity contribution is -0.137. The highest BCUT2D eigenvalue weighted by molar-refractivity contribution is 5.78. The summed E-state index contributed by atoms with van der Waals surface area (Å²) in [5, 5.41) is 2.96. The van der Waals surface area contributed by atoms with Gasteiger partial charge in [-0.3, -0.25) is 4.79 Å². The van der Waals surface area contributed by atoms with Crippen molar-refractivity contribution in [3.05, 3.63) is 35.4 Å². The quantitative estimate of drug-likeness (QED) is 0.853. The van der Waals surface area contributed by atoms with Crippen LogP contribution in [0.1, 0.15) is 37.3 Å². The smallest absolute Gasteiger partial charge is 0.381 e. The molecule has 1 amide bonds. The molecule has 1 aliphatic heterocycles. The molecule has 1 fully saturated rings. The first kappa shape index (κ1) is 18.8. The summed E-state index contributed by atoms with van der Waals surface area (Å²) in [5.74, 6) is 0.0838. The number of nitrogens with one attached hydrogen (secondary N) is 1. The predicted octanol–water partition coefficient (Wildman–Crippen LogP) is 3.82. The van der Waals surface area contributed by atoms with Crippen molar-refractivity contribution in [2.45, 2.75) is 38.8 Å². The molecular formula is C18H24F3NO2. The molecule has 0 saturated carbocycles. The maximum atomic E-state index is 12.6. The number of carbonyl (C=O) groups excluding carboxylic acids is 1. The van der Waals surface area contributed by atoms with E-state index in [1.165, 1.54) is 12.1 Å². The zero-order valence-corrected chi connectivity index (χ0v) is 13.9. The van der Waals surface area contributed by atoms with Gasteiger partial charge in [-0.1, -0.05) is 19.1 Å². The molecule has 1 heterocycles. The number of amides is 1. The third-order valence-corrected chi connectivity index (χ3v) is 4.45. The van der Waals surface area contributed by atoms with Gasteiger partial charge in [0.15, 0.2) is 0 Å². The molecule has 2 rings (SSSR count). The lowest BCUT2D eigenvalue weighted by Gasteiger charge is -2.23. The molecule has 6 heteroatoms. The van der Waals surface area contributed by atoms with Crippen LogP contribution in [0, 0.1) is 11.8 Å². The number of alkyl halides is 3. The molecule has 24 heavy (non-hydrogen) atoms. The molecule has 1 aromatic rings. The average molecular weight is 343 g/mol. The largest absolute Gasteiger partial charge is 0.416 e. The Bertz CT molecular complexity index is 522. The van der Waals surface area contributed by atoms with E-state index in [4.69, 9.17) is 4.74 Å². The van der Waals surface area contributed by atoms with Gasteiger partial charge in [-0.15, -0.1) is 0 Å². The number of halogens is 3. The van der Waals surface area contributed by atoms with E-state index in [1.807, 2.05) is 6.92 Å². The van der Waals surface area contributed by atoms with Crippen LogP contribution in [0.15, 0.2) is 24.3 Å². The molecular weight excluding hydrogens is 319 g/mol. The summed E-state index contributed by atoms with van der Waals surface area (Å²) < 4.78 is 43.1. The van der Waals surface area contributed by atoms with E-state index in [2.05, 4.69) is 5.32 Å². The van der Waals surface area contributed by atoms with E-state index >= 15 is 0 Å². The van der Waals surface area contributed by atoms with Crippen molar-refractivity contribution in [1.29, 1.82) is 0 Å². The van der Waals surface area contributed by atoms with Gasteiger partial charge in [0.2, 0.25) is 5.91 Å². The van der Waals surface area contributed by atoms with E-state index in [0.717, 1.165) is 37.1 Å². The Morgan fingerprint density at radius 2 is 2.04 bits per heavy atom. The maximum absolute atomic E-state index is 12.6. The number of benzene rings is 1. The molecule has 2 atom stereocenters. The van der Waals surface area contributed by atoms with Gasteiger partial charge in [0.05, 0.1) is 12.2 Å². The summed E-state index contributed by atoms with van der Waals surface area (Å²) >= 11 is 0. The second-order valence-electron chi connectivity index (χ2n) is 6.33. The highest BCUT2D eigenvalue weighted by atomic mass is 19.4. The van der Waals surface area contributed by atoms with Crippen molar-refractivity contribution >= 4 is 5.91 Å². The molecule has 1 aromatic carbocycles. The van der Waals surface area contributed by atoms with Gasteiger partial charge in [0, 0.05) is 19.1 Å². The molecule has 0 bridgehead atoms. The fraction of sp³-hybridized carbons (Fsp3) is 0.611. The number of rotatable bonds is 6. The Kier molecular flexibility index (Phi) is 6.66. The molecule has 1 N–H and O–H groups in total. The van der Waals surface area contributed by atoms with Gasteiger partial charge in [-0.25, -0.2) is 0 Å². The first-order valence-electron chi connectivity index (χ1n) is 8.41. The van der Waals surface area contributed by atoms with Crippen LogP contribution >= 0.6 is 0 Å². The van der Waals surface area contributed by atoms with E-state index in [1.54, 1.807) is 0 Å². The van der Waals surface area contributed by atoms with Gasteiger partial charge in [0.1, 0.15) is 0 Å².